The first-order chi connectivity index (χ1) is 12.1. The van der Waals surface area contributed by atoms with Crippen molar-refractivity contribution < 1.29 is 9.53 Å². The van der Waals surface area contributed by atoms with Gasteiger partial charge in [-0.2, -0.15) is 5.26 Å². The Balaban J connectivity index is 1.70. The number of hydrogen-bond donors (Lipinski definition) is 0. The van der Waals surface area contributed by atoms with Crippen LogP contribution in [-0.2, 0) is 11.3 Å². The zero-order valence-electron chi connectivity index (χ0n) is 14.0. The second-order valence-electron chi connectivity index (χ2n) is 5.61. The lowest BCUT2D eigenvalue weighted by Gasteiger charge is -2.21. The van der Waals surface area contributed by atoms with E-state index in [0.717, 1.165) is 5.65 Å². The van der Waals surface area contributed by atoms with E-state index in [1.165, 1.54) is 4.90 Å². The predicted octanol–water partition coefficient (Wildman–Crippen LogP) is 2.03. The maximum Gasteiger partial charge on any atom is 0.263 e. The van der Waals surface area contributed by atoms with Crippen molar-refractivity contribution in [3.05, 3.63) is 60.0 Å². The molecule has 2 aromatic heterocycles. The molecule has 0 saturated carbocycles. The highest BCUT2D eigenvalue weighted by atomic mass is 16.5. The first-order valence-electron chi connectivity index (χ1n) is 7.79. The molecule has 0 spiro atoms. The normalized spacial score (nSPS) is 11.7. The molecule has 0 aliphatic rings. The number of rotatable bonds is 5. The fraction of sp³-hybridized carbons (Fsp3) is 0.222. The van der Waals surface area contributed by atoms with Crippen molar-refractivity contribution >= 4 is 11.6 Å². The molecule has 1 aromatic carbocycles. The van der Waals surface area contributed by atoms with Gasteiger partial charge in [-0.3, -0.25) is 9.20 Å². The average Bonchev–Trinajstić information content (AvgIpc) is 3.04. The van der Waals surface area contributed by atoms with Crippen molar-refractivity contribution in [3.63, 3.8) is 0 Å². The molecule has 126 valence electrons. The van der Waals surface area contributed by atoms with E-state index in [2.05, 4.69) is 16.3 Å². The van der Waals surface area contributed by atoms with Gasteiger partial charge in [-0.15, -0.1) is 10.2 Å². The number of pyridine rings is 1. The van der Waals surface area contributed by atoms with Crippen LogP contribution in [0.5, 0.6) is 5.75 Å². The van der Waals surface area contributed by atoms with Crippen LogP contribution in [0.25, 0.3) is 5.65 Å². The molecule has 0 fully saturated rings. The molecule has 7 nitrogen and oxygen atoms in total. The Morgan fingerprint density at radius 3 is 2.84 bits per heavy atom. The van der Waals surface area contributed by atoms with Gasteiger partial charge < -0.3 is 9.64 Å². The summed E-state index contributed by atoms with van der Waals surface area (Å²) in [4.78, 5) is 14.1. The second kappa shape index (κ2) is 7.01. The first kappa shape index (κ1) is 16.5. The van der Waals surface area contributed by atoms with Gasteiger partial charge in [0.05, 0.1) is 12.1 Å². The van der Waals surface area contributed by atoms with E-state index < -0.39 is 6.10 Å². The SMILES string of the molecule is CC(Oc1ccccc1C#N)C(=O)N(C)Cc1nnc2ccccn12. The maximum atomic E-state index is 12.6. The van der Waals surface area contributed by atoms with Gasteiger partial charge in [0, 0.05) is 13.2 Å². The van der Waals surface area contributed by atoms with Crippen molar-refractivity contribution in [2.45, 2.75) is 19.6 Å². The van der Waals surface area contributed by atoms with Crippen LogP contribution in [0.1, 0.15) is 18.3 Å². The number of nitriles is 1. The van der Waals surface area contributed by atoms with Crippen LogP contribution in [0.2, 0.25) is 0 Å². The van der Waals surface area contributed by atoms with Crippen LogP contribution in [0.4, 0.5) is 0 Å². The molecule has 0 N–H and O–H groups in total. The lowest BCUT2D eigenvalue weighted by atomic mass is 10.2. The van der Waals surface area contributed by atoms with Crippen molar-refractivity contribution in [1.82, 2.24) is 19.5 Å². The van der Waals surface area contributed by atoms with E-state index in [1.807, 2.05) is 28.8 Å². The zero-order valence-corrected chi connectivity index (χ0v) is 14.0. The largest absolute Gasteiger partial charge is 0.480 e. The quantitative estimate of drug-likeness (QED) is 0.712. The van der Waals surface area contributed by atoms with Crippen molar-refractivity contribution in [2.24, 2.45) is 0 Å². The Morgan fingerprint density at radius 2 is 2.04 bits per heavy atom. The summed E-state index contributed by atoms with van der Waals surface area (Å²) in [5, 5.41) is 17.3. The summed E-state index contributed by atoms with van der Waals surface area (Å²) < 4.78 is 7.50. The number of likely N-dealkylation sites (N-methyl/N-ethyl adjacent to an activating group) is 1. The smallest absolute Gasteiger partial charge is 0.263 e. The number of amides is 1. The zero-order chi connectivity index (χ0) is 17.8. The molecule has 25 heavy (non-hydrogen) atoms. The van der Waals surface area contributed by atoms with Crippen LogP contribution in [0.15, 0.2) is 48.7 Å². The van der Waals surface area contributed by atoms with Gasteiger partial charge in [0.1, 0.15) is 11.8 Å². The molecule has 1 atom stereocenters. The van der Waals surface area contributed by atoms with E-state index in [9.17, 15) is 4.79 Å². The highest BCUT2D eigenvalue weighted by Gasteiger charge is 2.21. The van der Waals surface area contributed by atoms with Crippen LogP contribution >= 0.6 is 0 Å². The average molecular weight is 335 g/mol. The summed E-state index contributed by atoms with van der Waals surface area (Å²) >= 11 is 0. The molecule has 3 rings (SSSR count). The van der Waals surface area contributed by atoms with Crippen LogP contribution in [-0.4, -0.2) is 38.6 Å². The van der Waals surface area contributed by atoms with Crippen molar-refractivity contribution in [2.75, 3.05) is 7.05 Å². The highest BCUT2D eigenvalue weighted by Crippen LogP contribution is 2.19. The molecule has 1 unspecified atom stereocenters. The Hall–Kier alpha value is -3.40. The standard InChI is InChI=1S/C18H17N5O2/c1-13(25-15-8-4-3-7-14(15)11-19)18(24)22(2)12-17-21-20-16-9-5-6-10-23(16)17/h3-10,13H,12H2,1-2H3. The van der Waals surface area contributed by atoms with Gasteiger partial charge in [0.25, 0.3) is 5.91 Å². The number of aromatic nitrogens is 3. The third kappa shape index (κ3) is 3.43. The number of nitrogens with zero attached hydrogens (tertiary/aromatic N) is 5. The summed E-state index contributed by atoms with van der Waals surface area (Å²) in [6, 6.07) is 14.5. The highest BCUT2D eigenvalue weighted by molar-refractivity contribution is 5.80. The summed E-state index contributed by atoms with van der Waals surface area (Å²) in [5.41, 5.74) is 1.12. The van der Waals surface area contributed by atoms with Crippen LogP contribution < -0.4 is 4.74 Å². The number of benzene rings is 1. The maximum absolute atomic E-state index is 12.6. The van der Waals surface area contributed by atoms with E-state index in [4.69, 9.17) is 10.00 Å². The molecule has 0 bridgehead atoms. The minimum atomic E-state index is -0.723. The molecule has 0 saturated heterocycles. The summed E-state index contributed by atoms with van der Waals surface area (Å²) in [5.74, 6) is 0.851. The number of para-hydroxylation sites is 1. The Morgan fingerprint density at radius 1 is 1.28 bits per heavy atom. The van der Waals surface area contributed by atoms with E-state index in [0.29, 0.717) is 23.7 Å². The topological polar surface area (TPSA) is 83.5 Å². The van der Waals surface area contributed by atoms with E-state index >= 15 is 0 Å². The van der Waals surface area contributed by atoms with E-state index in [-0.39, 0.29) is 5.91 Å². The predicted molar refractivity (Wildman–Crippen MR) is 90.7 cm³/mol. The van der Waals surface area contributed by atoms with Crippen LogP contribution in [0.3, 0.4) is 0 Å². The monoisotopic (exact) mass is 335 g/mol. The minimum Gasteiger partial charge on any atom is -0.480 e. The number of carbonyl (C=O) groups excluding carboxylic acids is 1. The Kier molecular flexibility index (Phi) is 4.61. The molecule has 0 aliphatic heterocycles. The lowest BCUT2D eigenvalue weighted by Crippen LogP contribution is -2.38. The number of hydrogen-bond acceptors (Lipinski definition) is 5. The molecular weight excluding hydrogens is 318 g/mol. The second-order valence-corrected chi connectivity index (χ2v) is 5.61. The molecular formula is C18H17N5O2. The number of carbonyl (C=O) groups is 1. The Labute approximate surface area is 145 Å². The van der Waals surface area contributed by atoms with Gasteiger partial charge >= 0.3 is 0 Å². The molecule has 2 heterocycles. The molecule has 7 heteroatoms. The fourth-order valence-corrected chi connectivity index (χ4v) is 2.50. The number of fused-ring (bicyclic) bond motifs is 1. The molecule has 3 aromatic rings. The summed E-state index contributed by atoms with van der Waals surface area (Å²) in [6.45, 7) is 1.96. The van der Waals surface area contributed by atoms with Crippen molar-refractivity contribution in [1.29, 1.82) is 5.26 Å². The lowest BCUT2D eigenvalue weighted by molar-refractivity contribution is -0.137. The fourth-order valence-electron chi connectivity index (χ4n) is 2.50. The van der Waals surface area contributed by atoms with Crippen molar-refractivity contribution in [3.8, 4) is 11.8 Å². The first-order valence-corrected chi connectivity index (χ1v) is 7.79. The minimum absolute atomic E-state index is 0.208. The van der Waals surface area contributed by atoms with Gasteiger partial charge in [-0.1, -0.05) is 18.2 Å². The van der Waals surface area contributed by atoms with Gasteiger partial charge in [-0.05, 0) is 31.2 Å². The van der Waals surface area contributed by atoms with Gasteiger partial charge in [0.2, 0.25) is 0 Å². The number of ether oxygens (including phenoxy) is 1. The van der Waals surface area contributed by atoms with Crippen LogP contribution in [0, 0.1) is 11.3 Å². The third-order valence-corrected chi connectivity index (χ3v) is 3.80. The molecule has 0 aliphatic carbocycles. The van der Waals surface area contributed by atoms with Gasteiger partial charge in [0.15, 0.2) is 17.6 Å². The Bertz CT molecular complexity index is 944. The third-order valence-electron chi connectivity index (χ3n) is 3.80. The molecule has 0 radical (unpaired) electrons. The summed E-state index contributed by atoms with van der Waals surface area (Å²) in [6.07, 6.45) is 1.13. The summed E-state index contributed by atoms with van der Waals surface area (Å²) in [7, 11) is 1.68. The van der Waals surface area contributed by atoms with E-state index in [1.54, 1.807) is 38.2 Å². The van der Waals surface area contributed by atoms with Gasteiger partial charge in [-0.25, -0.2) is 0 Å². The molecule has 1 amide bonds.